The summed E-state index contributed by atoms with van der Waals surface area (Å²) < 4.78 is 0. The van der Waals surface area contributed by atoms with E-state index >= 15 is 0 Å². The normalized spacial score (nSPS) is 12.4. The van der Waals surface area contributed by atoms with Crippen LogP contribution in [-0.2, 0) is 6.42 Å². The van der Waals surface area contributed by atoms with Gasteiger partial charge in [0.2, 0.25) is 0 Å². The maximum Gasteiger partial charge on any atom is 0.0761 e. The molecule has 0 fully saturated rings. The summed E-state index contributed by atoms with van der Waals surface area (Å²) in [6.45, 7) is 2.01. The highest BCUT2D eigenvalue weighted by Crippen LogP contribution is 2.22. The summed E-state index contributed by atoms with van der Waals surface area (Å²) in [6, 6.07) is 16.4. The van der Waals surface area contributed by atoms with Crippen LogP contribution in [0.3, 0.4) is 0 Å². The average Bonchev–Trinajstić information content (AvgIpc) is 2.46. The Kier molecular flexibility index (Phi) is 4.72. The van der Waals surface area contributed by atoms with Crippen LogP contribution in [0.2, 0.25) is 0 Å². The molecule has 0 radical (unpaired) electrons. The molecule has 0 amide bonds. The molecule has 0 bridgehead atoms. The first-order valence-corrected chi connectivity index (χ1v) is 6.69. The van der Waals surface area contributed by atoms with Crippen LogP contribution in [0.15, 0.2) is 48.5 Å². The van der Waals surface area contributed by atoms with Crippen LogP contribution < -0.4 is 0 Å². The van der Waals surface area contributed by atoms with Gasteiger partial charge in [0, 0.05) is 6.61 Å². The number of aliphatic hydroxyl groups is 2. The largest absolute Gasteiger partial charge is 0.396 e. The Balaban J connectivity index is 2.13. The molecule has 0 aliphatic rings. The van der Waals surface area contributed by atoms with E-state index in [2.05, 4.69) is 24.3 Å². The second kappa shape index (κ2) is 6.50. The molecular formula is C17H20O2. The molecule has 1 unspecified atom stereocenters. The highest BCUT2D eigenvalue weighted by molar-refractivity contribution is 5.64. The van der Waals surface area contributed by atoms with Crippen molar-refractivity contribution in [2.45, 2.75) is 25.9 Å². The smallest absolute Gasteiger partial charge is 0.0761 e. The van der Waals surface area contributed by atoms with Crippen LogP contribution in [0.25, 0.3) is 11.1 Å². The molecule has 2 heteroatoms. The van der Waals surface area contributed by atoms with Gasteiger partial charge in [0.15, 0.2) is 0 Å². The molecule has 0 saturated heterocycles. The Morgan fingerprint density at radius 2 is 1.42 bits per heavy atom. The summed E-state index contributed by atoms with van der Waals surface area (Å²) in [4.78, 5) is 0. The Hall–Kier alpha value is -1.64. The Morgan fingerprint density at radius 1 is 0.895 bits per heavy atom. The van der Waals surface area contributed by atoms with Gasteiger partial charge >= 0.3 is 0 Å². The van der Waals surface area contributed by atoms with E-state index in [-0.39, 0.29) is 6.61 Å². The molecule has 2 N–H and O–H groups in total. The number of hydrogen-bond donors (Lipinski definition) is 2. The van der Waals surface area contributed by atoms with Gasteiger partial charge in [-0.1, -0.05) is 48.5 Å². The van der Waals surface area contributed by atoms with E-state index < -0.39 is 6.10 Å². The molecule has 19 heavy (non-hydrogen) atoms. The molecule has 0 aromatic heterocycles. The number of aliphatic hydroxyl groups excluding tert-OH is 2. The summed E-state index contributed by atoms with van der Waals surface area (Å²) in [5.41, 5.74) is 4.50. The van der Waals surface area contributed by atoms with E-state index in [1.54, 1.807) is 6.92 Å². The molecule has 2 aromatic rings. The topological polar surface area (TPSA) is 40.5 Å². The molecule has 0 spiro atoms. The van der Waals surface area contributed by atoms with Crippen molar-refractivity contribution in [1.82, 2.24) is 0 Å². The van der Waals surface area contributed by atoms with Crippen LogP contribution in [0.1, 0.15) is 30.6 Å². The average molecular weight is 256 g/mol. The van der Waals surface area contributed by atoms with Crippen molar-refractivity contribution in [3.8, 4) is 11.1 Å². The van der Waals surface area contributed by atoms with Gasteiger partial charge in [0.25, 0.3) is 0 Å². The van der Waals surface area contributed by atoms with Gasteiger partial charge < -0.3 is 10.2 Å². The standard InChI is InChI=1S/C17H20O2/c1-13(19)15-8-10-17(11-9-15)16-6-4-14(5-7-16)3-2-12-18/h4-11,13,18-19H,2-3,12H2,1H3. The van der Waals surface area contributed by atoms with Crippen LogP contribution in [0, 0.1) is 0 Å². The fraction of sp³-hybridized carbons (Fsp3) is 0.294. The van der Waals surface area contributed by atoms with Gasteiger partial charge in [-0.25, -0.2) is 0 Å². The van der Waals surface area contributed by atoms with Crippen molar-refractivity contribution in [2.75, 3.05) is 6.61 Å². The Bertz CT molecular complexity index is 498. The van der Waals surface area contributed by atoms with E-state index in [4.69, 9.17) is 5.11 Å². The summed E-state index contributed by atoms with van der Waals surface area (Å²) in [6.07, 6.45) is 1.30. The maximum atomic E-state index is 9.48. The minimum Gasteiger partial charge on any atom is -0.396 e. The van der Waals surface area contributed by atoms with Crippen molar-refractivity contribution in [1.29, 1.82) is 0 Å². The lowest BCUT2D eigenvalue weighted by molar-refractivity contribution is 0.199. The molecule has 2 rings (SSSR count). The lowest BCUT2D eigenvalue weighted by Crippen LogP contribution is -1.91. The number of hydrogen-bond acceptors (Lipinski definition) is 2. The molecule has 0 heterocycles. The quantitative estimate of drug-likeness (QED) is 0.861. The Morgan fingerprint density at radius 3 is 1.89 bits per heavy atom. The van der Waals surface area contributed by atoms with Gasteiger partial charge in [-0.3, -0.25) is 0 Å². The van der Waals surface area contributed by atoms with E-state index in [1.807, 2.05) is 24.3 Å². The zero-order valence-corrected chi connectivity index (χ0v) is 11.2. The van der Waals surface area contributed by atoms with Gasteiger partial charge in [-0.2, -0.15) is 0 Å². The zero-order valence-electron chi connectivity index (χ0n) is 11.2. The van der Waals surface area contributed by atoms with E-state index in [1.165, 1.54) is 11.1 Å². The van der Waals surface area contributed by atoms with Gasteiger partial charge in [-0.15, -0.1) is 0 Å². The van der Waals surface area contributed by atoms with Crippen molar-refractivity contribution >= 4 is 0 Å². The van der Waals surface area contributed by atoms with Crippen molar-refractivity contribution < 1.29 is 10.2 Å². The summed E-state index contributed by atoms with van der Waals surface area (Å²) >= 11 is 0. The van der Waals surface area contributed by atoms with Crippen molar-refractivity contribution in [3.05, 3.63) is 59.7 Å². The highest BCUT2D eigenvalue weighted by atomic mass is 16.3. The van der Waals surface area contributed by atoms with Crippen LogP contribution in [0.4, 0.5) is 0 Å². The van der Waals surface area contributed by atoms with Gasteiger partial charge in [-0.05, 0) is 42.0 Å². The molecule has 2 nitrogen and oxygen atoms in total. The van der Waals surface area contributed by atoms with E-state index in [9.17, 15) is 5.11 Å². The molecule has 0 aliphatic heterocycles. The SMILES string of the molecule is CC(O)c1ccc(-c2ccc(CCCO)cc2)cc1. The lowest BCUT2D eigenvalue weighted by atomic mass is 10.0. The zero-order chi connectivity index (χ0) is 13.7. The fourth-order valence-electron chi connectivity index (χ4n) is 2.10. The van der Waals surface area contributed by atoms with E-state index in [0.717, 1.165) is 24.0 Å². The minimum absolute atomic E-state index is 0.239. The van der Waals surface area contributed by atoms with Crippen molar-refractivity contribution in [2.24, 2.45) is 0 Å². The third kappa shape index (κ3) is 3.66. The van der Waals surface area contributed by atoms with Crippen LogP contribution in [0.5, 0.6) is 0 Å². The number of aryl methyl sites for hydroxylation is 1. The fourth-order valence-corrected chi connectivity index (χ4v) is 2.10. The highest BCUT2D eigenvalue weighted by Gasteiger charge is 2.02. The summed E-state index contributed by atoms with van der Waals surface area (Å²) in [5, 5.41) is 18.3. The molecular weight excluding hydrogens is 236 g/mol. The van der Waals surface area contributed by atoms with Crippen LogP contribution >= 0.6 is 0 Å². The molecule has 0 aliphatic carbocycles. The second-order valence-electron chi connectivity index (χ2n) is 4.82. The lowest BCUT2D eigenvalue weighted by Gasteiger charge is -2.07. The van der Waals surface area contributed by atoms with Crippen LogP contribution in [-0.4, -0.2) is 16.8 Å². The number of benzene rings is 2. The third-order valence-electron chi connectivity index (χ3n) is 3.30. The summed E-state index contributed by atoms with van der Waals surface area (Å²) in [7, 11) is 0. The maximum absolute atomic E-state index is 9.48. The monoisotopic (exact) mass is 256 g/mol. The summed E-state index contributed by atoms with van der Waals surface area (Å²) in [5.74, 6) is 0. The first kappa shape index (κ1) is 13.8. The molecule has 100 valence electrons. The first-order chi connectivity index (χ1) is 9.20. The minimum atomic E-state index is -0.421. The predicted octanol–water partition coefficient (Wildman–Crippen LogP) is 3.33. The van der Waals surface area contributed by atoms with Crippen molar-refractivity contribution in [3.63, 3.8) is 0 Å². The van der Waals surface area contributed by atoms with E-state index in [0.29, 0.717) is 0 Å². The third-order valence-corrected chi connectivity index (χ3v) is 3.30. The first-order valence-electron chi connectivity index (χ1n) is 6.69. The molecule has 1 atom stereocenters. The van der Waals surface area contributed by atoms with Gasteiger partial charge in [0.1, 0.15) is 0 Å². The second-order valence-corrected chi connectivity index (χ2v) is 4.82. The Labute approximate surface area is 114 Å². The molecule has 0 saturated carbocycles. The van der Waals surface area contributed by atoms with Gasteiger partial charge in [0.05, 0.1) is 6.10 Å². The predicted molar refractivity (Wildman–Crippen MR) is 77.9 cm³/mol. The number of rotatable bonds is 5. The molecule has 2 aromatic carbocycles.